The Hall–Kier alpha value is -4.34. The molecule has 0 aliphatic carbocycles. The number of nitrogens with one attached hydrogen (secondary N) is 1. The lowest BCUT2D eigenvalue weighted by Crippen LogP contribution is -2.54. The third-order valence-corrected chi connectivity index (χ3v) is 9.53. The van der Waals surface area contributed by atoms with Crippen molar-refractivity contribution in [3.63, 3.8) is 0 Å². The van der Waals surface area contributed by atoms with Crippen molar-refractivity contribution in [1.29, 1.82) is 0 Å². The average Bonchev–Trinajstić information content (AvgIpc) is 3.06. The van der Waals surface area contributed by atoms with Crippen LogP contribution in [0.25, 0.3) is 0 Å². The highest BCUT2D eigenvalue weighted by Gasteiger charge is 2.35. The van der Waals surface area contributed by atoms with Crippen LogP contribution in [0.1, 0.15) is 31.4 Å². The maximum Gasteiger partial charge on any atom is 0.264 e. The summed E-state index contributed by atoms with van der Waals surface area (Å²) in [6.45, 7) is 3.37. The molecule has 1 N–H and O–H groups in total. The van der Waals surface area contributed by atoms with Crippen LogP contribution in [0.5, 0.6) is 5.75 Å². The van der Waals surface area contributed by atoms with Crippen LogP contribution in [0.4, 0.5) is 5.69 Å². The van der Waals surface area contributed by atoms with Gasteiger partial charge >= 0.3 is 0 Å². The molecule has 0 unspecified atom stereocenters. The van der Waals surface area contributed by atoms with Crippen LogP contribution in [-0.4, -0.2) is 50.9 Å². The Balaban J connectivity index is 1.81. The van der Waals surface area contributed by atoms with Crippen LogP contribution in [-0.2, 0) is 32.6 Å². The number of carbonyl (C=O) groups is 2. The molecule has 0 bridgehead atoms. The molecule has 4 aromatic carbocycles. The van der Waals surface area contributed by atoms with E-state index in [9.17, 15) is 18.0 Å². The molecule has 0 aromatic heterocycles. The van der Waals surface area contributed by atoms with Crippen LogP contribution in [0.3, 0.4) is 0 Å². The number of methoxy groups -OCH3 is 1. The molecule has 0 saturated carbocycles. The minimum atomic E-state index is -4.20. The van der Waals surface area contributed by atoms with Crippen molar-refractivity contribution in [2.24, 2.45) is 0 Å². The average molecular weight is 648 g/mol. The third-order valence-electron chi connectivity index (χ3n) is 7.49. The summed E-state index contributed by atoms with van der Waals surface area (Å²) in [7, 11) is -2.72. The molecule has 2 amide bonds. The molecule has 0 heterocycles. The summed E-state index contributed by atoms with van der Waals surface area (Å²) in [5.74, 6) is -0.442. The van der Waals surface area contributed by atoms with Crippen LogP contribution < -0.4 is 14.4 Å². The Bertz CT molecular complexity index is 1670. The first-order chi connectivity index (χ1) is 21.6. The Morgan fingerprint density at radius 1 is 0.867 bits per heavy atom. The second-order valence-corrected chi connectivity index (χ2v) is 13.0. The first-order valence-electron chi connectivity index (χ1n) is 14.7. The molecule has 0 radical (unpaired) electrons. The zero-order chi connectivity index (χ0) is 32.4. The topological polar surface area (TPSA) is 96.0 Å². The number of ether oxygens (including phenoxy) is 1. The standard InChI is InChI=1S/C35H38ClN3O5S/c1-4-26(2)37-35(41)33(22-27-12-7-5-8-13-27)38(24-28-18-20-29(36)21-19-28)34(40)25-39(30-14-11-15-31(23-30)44-3)45(42,43)32-16-9-6-10-17-32/h5-21,23,26,33H,4,22,24-25H2,1-3H3,(H,37,41)/t26-,33+/m0/s1. The van der Waals surface area contributed by atoms with Gasteiger partial charge in [0.05, 0.1) is 17.7 Å². The van der Waals surface area contributed by atoms with E-state index < -0.39 is 28.5 Å². The van der Waals surface area contributed by atoms with Gasteiger partial charge in [-0.05, 0) is 60.9 Å². The number of anilines is 1. The fourth-order valence-electron chi connectivity index (χ4n) is 4.80. The highest BCUT2D eigenvalue weighted by atomic mass is 35.5. The minimum Gasteiger partial charge on any atom is -0.497 e. The molecular weight excluding hydrogens is 610 g/mol. The van der Waals surface area contributed by atoms with Gasteiger partial charge in [-0.2, -0.15) is 0 Å². The largest absolute Gasteiger partial charge is 0.497 e. The first-order valence-corrected chi connectivity index (χ1v) is 16.5. The minimum absolute atomic E-state index is 0.0280. The van der Waals surface area contributed by atoms with Crippen molar-refractivity contribution < 1.29 is 22.7 Å². The maximum atomic E-state index is 14.5. The van der Waals surface area contributed by atoms with Gasteiger partial charge in [0, 0.05) is 30.1 Å². The zero-order valence-electron chi connectivity index (χ0n) is 25.6. The van der Waals surface area contributed by atoms with Crippen LogP contribution in [0.2, 0.25) is 5.02 Å². The number of carbonyl (C=O) groups excluding carboxylic acids is 2. The van der Waals surface area contributed by atoms with E-state index >= 15 is 0 Å². The summed E-state index contributed by atoms with van der Waals surface area (Å²) in [5, 5.41) is 3.57. The number of rotatable bonds is 14. The van der Waals surface area contributed by atoms with E-state index in [0.717, 1.165) is 15.4 Å². The lowest BCUT2D eigenvalue weighted by molar-refractivity contribution is -0.140. The number of hydrogen-bond acceptors (Lipinski definition) is 5. The molecule has 4 rings (SSSR count). The van der Waals surface area contributed by atoms with Crippen LogP contribution in [0.15, 0.2) is 114 Å². The third kappa shape index (κ3) is 8.86. The Morgan fingerprint density at radius 2 is 1.51 bits per heavy atom. The molecule has 0 aliphatic rings. The molecule has 0 spiro atoms. The smallest absolute Gasteiger partial charge is 0.264 e. The summed E-state index contributed by atoms with van der Waals surface area (Å²) in [5.41, 5.74) is 1.85. The summed E-state index contributed by atoms with van der Waals surface area (Å²) in [4.78, 5) is 29.9. The monoisotopic (exact) mass is 647 g/mol. The molecule has 45 heavy (non-hydrogen) atoms. The van der Waals surface area contributed by atoms with Crippen molar-refractivity contribution >= 4 is 39.1 Å². The lowest BCUT2D eigenvalue weighted by Gasteiger charge is -2.34. The zero-order valence-corrected chi connectivity index (χ0v) is 27.2. The van der Waals surface area contributed by atoms with Crippen molar-refractivity contribution in [3.05, 3.63) is 125 Å². The van der Waals surface area contributed by atoms with Gasteiger partial charge in [-0.25, -0.2) is 8.42 Å². The second-order valence-electron chi connectivity index (χ2n) is 10.7. The Morgan fingerprint density at radius 3 is 2.13 bits per heavy atom. The molecule has 4 aromatic rings. The van der Waals surface area contributed by atoms with Gasteiger partial charge < -0.3 is 15.0 Å². The SMILES string of the molecule is CC[C@H](C)NC(=O)[C@@H](Cc1ccccc1)N(Cc1ccc(Cl)cc1)C(=O)CN(c1cccc(OC)c1)S(=O)(=O)c1ccccc1. The van der Waals surface area contributed by atoms with E-state index in [-0.39, 0.29) is 35.5 Å². The van der Waals surface area contributed by atoms with E-state index in [0.29, 0.717) is 17.2 Å². The van der Waals surface area contributed by atoms with Crippen LogP contribution in [0, 0.1) is 0 Å². The molecule has 0 aliphatic heterocycles. The highest BCUT2D eigenvalue weighted by molar-refractivity contribution is 7.92. The van der Waals surface area contributed by atoms with E-state index in [1.807, 2.05) is 44.2 Å². The first kappa shape index (κ1) is 33.6. The molecular formula is C35H38ClN3O5S. The fraction of sp³-hybridized carbons (Fsp3) is 0.257. The van der Waals surface area contributed by atoms with Crippen molar-refractivity contribution in [2.45, 2.75) is 50.2 Å². The molecule has 10 heteroatoms. The number of hydrogen-bond donors (Lipinski definition) is 1. The molecule has 2 atom stereocenters. The summed E-state index contributed by atoms with van der Waals surface area (Å²) >= 11 is 6.15. The highest BCUT2D eigenvalue weighted by Crippen LogP contribution is 2.28. The predicted molar refractivity (Wildman–Crippen MR) is 178 cm³/mol. The Kier molecular flexibility index (Phi) is 11.6. The molecule has 0 fully saturated rings. The summed E-state index contributed by atoms with van der Waals surface area (Å²) in [6.07, 6.45) is 0.931. The quantitative estimate of drug-likeness (QED) is 0.179. The van der Waals surface area contributed by atoms with Crippen molar-refractivity contribution in [2.75, 3.05) is 18.0 Å². The number of sulfonamides is 1. The molecule has 0 saturated heterocycles. The van der Waals surface area contributed by atoms with Gasteiger partial charge in [0.15, 0.2) is 0 Å². The predicted octanol–water partition coefficient (Wildman–Crippen LogP) is 6.10. The van der Waals surface area contributed by atoms with Crippen LogP contribution >= 0.6 is 11.6 Å². The van der Waals surface area contributed by atoms with E-state index in [1.54, 1.807) is 66.7 Å². The van der Waals surface area contributed by atoms with Gasteiger partial charge in [-0.1, -0.05) is 85.3 Å². The number of halogens is 1. The lowest BCUT2D eigenvalue weighted by atomic mass is 10.0. The summed E-state index contributed by atoms with van der Waals surface area (Å²) in [6, 6.07) is 29.8. The summed E-state index contributed by atoms with van der Waals surface area (Å²) < 4.78 is 34.6. The second kappa shape index (κ2) is 15.6. The van der Waals surface area contributed by atoms with Crippen molar-refractivity contribution in [3.8, 4) is 5.75 Å². The normalized spacial score (nSPS) is 12.5. The van der Waals surface area contributed by atoms with E-state index in [2.05, 4.69) is 5.32 Å². The molecule has 236 valence electrons. The van der Waals surface area contributed by atoms with Gasteiger partial charge in [-0.3, -0.25) is 13.9 Å². The van der Waals surface area contributed by atoms with Gasteiger partial charge in [0.25, 0.3) is 10.0 Å². The number of nitrogens with zero attached hydrogens (tertiary/aromatic N) is 2. The maximum absolute atomic E-state index is 14.5. The van der Waals surface area contributed by atoms with E-state index in [4.69, 9.17) is 16.3 Å². The van der Waals surface area contributed by atoms with E-state index in [1.165, 1.54) is 24.1 Å². The Labute approximate surface area is 270 Å². The van der Waals surface area contributed by atoms with Gasteiger partial charge in [-0.15, -0.1) is 0 Å². The van der Waals surface area contributed by atoms with Gasteiger partial charge in [0.1, 0.15) is 18.3 Å². The number of benzene rings is 4. The van der Waals surface area contributed by atoms with Crippen molar-refractivity contribution in [1.82, 2.24) is 10.2 Å². The number of amides is 2. The molecule has 8 nitrogen and oxygen atoms in total. The van der Waals surface area contributed by atoms with Gasteiger partial charge in [0.2, 0.25) is 11.8 Å². The fourth-order valence-corrected chi connectivity index (χ4v) is 6.35.